The molecule has 2 aromatic rings. The Hall–Kier alpha value is -2.73. The maximum atomic E-state index is 12.5. The first-order valence-corrected chi connectivity index (χ1v) is 11.1. The molecular formula is C24H30ClN3O3. The van der Waals surface area contributed by atoms with Crippen molar-refractivity contribution in [1.29, 1.82) is 0 Å². The second-order valence-corrected chi connectivity index (χ2v) is 8.38. The topological polar surface area (TPSA) is 61.9 Å². The van der Waals surface area contributed by atoms with Gasteiger partial charge in [-0.15, -0.1) is 0 Å². The van der Waals surface area contributed by atoms with Crippen LogP contribution in [0.3, 0.4) is 0 Å². The van der Waals surface area contributed by atoms with Crippen LogP contribution >= 0.6 is 11.6 Å². The van der Waals surface area contributed by atoms with Crippen LogP contribution in [0.15, 0.2) is 42.5 Å². The molecule has 6 nitrogen and oxygen atoms in total. The van der Waals surface area contributed by atoms with Crippen LogP contribution in [0.1, 0.15) is 38.7 Å². The van der Waals surface area contributed by atoms with Gasteiger partial charge in [0.1, 0.15) is 5.75 Å². The molecule has 1 saturated heterocycles. The first-order valence-electron chi connectivity index (χ1n) is 10.7. The summed E-state index contributed by atoms with van der Waals surface area (Å²) < 4.78 is 5.64. The van der Waals surface area contributed by atoms with Gasteiger partial charge < -0.3 is 19.9 Å². The summed E-state index contributed by atoms with van der Waals surface area (Å²) in [6, 6.07) is 13.2. The summed E-state index contributed by atoms with van der Waals surface area (Å²) in [6.07, 6.45) is 0.516. The van der Waals surface area contributed by atoms with E-state index in [9.17, 15) is 9.59 Å². The van der Waals surface area contributed by atoms with Crippen molar-refractivity contribution in [2.75, 3.05) is 43.0 Å². The number of carbonyl (C=O) groups excluding carboxylic acids is 2. The largest absolute Gasteiger partial charge is 0.484 e. The van der Waals surface area contributed by atoms with Gasteiger partial charge in [0, 0.05) is 37.6 Å². The molecule has 0 saturated carbocycles. The van der Waals surface area contributed by atoms with Gasteiger partial charge in [-0.3, -0.25) is 9.59 Å². The maximum absolute atomic E-state index is 12.5. The molecular weight excluding hydrogens is 414 g/mol. The molecule has 166 valence electrons. The normalized spacial score (nSPS) is 14.0. The molecule has 0 aliphatic carbocycles. The van der Waals surface area contributed by atoms with Gasteiger partial charge in [-0.1, -0.05) is 44.5 Å². The van der Waals surface area contributed by atoms with E-state index in [1.165, 1.54) is 5.56 Å². The molecule has 0 atom stereocenters. The molecule has 3 rings (SSSR count). The Balaban J connectivity index is 1.61. The van der Waals surface area contributed by atoms with Crippen molar-refractivity contribution < 1.29 is 14.3 Å². The molecule has 1 heterocycles. The van der Waals surface area contributed by atoms with E-state index in [0.29, 0.717) is 55.0 Å². The molecule has 0 radical (unpaired) electrons. The average molecular weight is 444 g/mol. The van der Waals surface area contributed by atoms with Crippen LogP contribution in [0.25, 0.3) is 0 Å². The first-order chi connectivity index (χ1) is 14.9. The van der Waals surface area contributed by atoms with Crippen LogP contribution in [0.5, 0.6) is 5.75 Å². The van der Waals surface area contributed by atoms with Gasteiger partial charge >= 0.3 is 0 Å². The van der Waals surface area contributed by atoms with E-state index in [2.05, 4.69) is 24.1 Å². The van der Waals surface area contributed by atoms with Crippen LogP contribution in [0, 0.1) is 0 Å². The second-order valence-electron chi connectivity index (χ2n) is 7.94. The number of halogens is 1. The van der Waals surface area contributed by atoms with Crippen molar-refractivity contribution in [1.82, 2.24) is 4.90 Å². The zero-order valence-electron chi connectivity index (χ0n) is 18.4. The van der Waals surface area contributed by atoms with E-state index >= 15 is 0 Å². The predicted molar refractivity (Wildman–Crippen MR) is 125 cm³/mol. The fourth-order valence-electron chi connectivity index (χ4n) is 3.59. The van der Waals surface area contributed by atoms with Crippen LogP contribution in [0.2, 0.25) is 5.02 Å². The smallest absolute Gasteiger partial charge is 0.262 e. The van der Waals surface area contributed by atoms with Crippen molar-refractivity contribution in [3.8, 4) is 5.75 Å². The summed E-state index contributed by atoms with van der Waals surface area (Å²) in [5.74, 6) is 1.02. The Morgan fingerprint density at radius 3 is 2.35 bits per heavy atom. The summed E-state index contributed by atoms with van der Waals surface area (Å²) in [6.45, 7) is 8.79. The van der Waals surface area contributed by atoms with Crippen LogP contribution < -0.4 is 15.0 Å². The Morgan fingerprint density at radius 2 is 1.74 bits per heavy atom. The highest BCUT2D eigenvalue weighted by atomic mass is 35.5. The van der Waals surface area contributed by atoms with E-state index in [1.54, 1.807) is 6.07 Å². The Kier molecular flexibility index (Phi) is 7.80. The summed E-state index contributed by atoms with van der Waals surface area (Å²) in [5.41, 5.74) is 2.76. The van der Waals surface area contributed by atoms with Gasteiger partial charge in [-0.25, -0.2) is 0 Å². The molecule has 2 aromatic carbocycles. The third-order valence-corrected chi connectivity index (χ3v) is 5.66. The number of hydrogen-bond donors (Lipinski definition) is 1. The number of nitrogens with zero attached hydrogens (tertiary/aromatic N) is 2. The minimum Gasteiger partial charge on any atom is -0.484 e. The lowest BCUT2D eigenvalue weighted by atomic mass is 10.0. The van der Waals surface area contributed by atoms with E-state index in [4.69, 9.17) is 16.3 Å². The van der Waals surface area contributed by atoms with Gasteiger partial charge in [-0.2, -0.15) is 0 Å². The van der Waals surface area contributed by atoms with Gasteiger partial charge in [0.05, 0.1) is 11.4 Å². The molecule has 0 spiro atoms. The SMILES string of the molecule is CCC(=O)N1CCN(c2ccc(Cl)cc2NC(=O)COc2ccc(C(C)C)cc2)CC1. The summed E-state index contributed by atoms with van der Waals surface area (Å²) in [4.78, 5) is 28.5. The number of rotatable bonds is 7. The zero-order chi connectivity index (χ0) is 22.4. The van der Waals surface area contributed by atoms with Gasteiger partial charge in [0.25, 0.3) is 5.91 Å². The number of amides is 2. The molecule has 7 heteroatoms. The number of hydrogen-bond acceptors (Lipinski definition) is 4. The zero-order valence-corrected chi connectivity index (χ0v) is 19.1. The fourth-order valence-corrected chi connectivity index (χ4v) is 3.76. The van der Waals surface area contributed by atoms with Crippen molar-refractivity contribution in [3.05, 3.63) is 53.1 Å². The van der Waals surface area contributed by atoms with Crippen LogP contribution in [-0.2, 0) is 9.59 Å². The third kappa shape index (κ3) is 6.14. The summed E-state index contributed by atoms with van der Waals surface area (Å²) in [5, 5.41) is 3.47. The van der Waals surface area contributed by atoms with E-state index in [0.717, 1.165) is 5.69 Å². The molecule has 0 aromatic heterocycles. The molecule has 31 heavy (non-hydrogen) atoms. The number of carbonyl (C=O) groups is 2. The standard InChI is InChI=1S/C24H30ClN3O3/c1-4-24(30)28-13-11-27(12-14-28)22-10-7-19(25)15-21(22)26-23(29)16-31-20-8-5-18(6-9-20)17(2)3/h5-10,15,17H,4,11-14,16H2,1-3H3,(H,26,29). The molecule has 1 fully saturated rings. The van der Waals surface area contributed by atoms with Crippen molar-refractivity contribution >= 4 is 34.8 Å². The summed E-state index contributed by atoms with van der Waals surface area (Å²) in [7, 11) is 0. The molecule has 1 aliphatic rings. The predicted octanol–water partition coefficient (Wildman–Crippen LogP) is 4.54. The third-order valence-electron chi connectivity index (χ3n) is 5.42. The lowest BCUT2D eigenvalue weighted by Crippen LogP contribution is -2.48. The minimum absolute atomic E-state index is 0.0915. The van der Waals surface area contributed by atoms with Crippen molar-refractivity contribution in [3.63, 3.8) is 0 Å². The molecule has 1 aliphatic heterocycles. The van der Waals surface area contributed by atoms with Crippen LogP contribution in [0.4, 0.5) is 11.4 Å². The molecule has 1 N–H and O–H groups in total. The number of benzene rings is 2. The minimum atomic E-state index is -0.253. The van der Waals surface area contributed by atoms with Crippen LogP contribution in [-0.4, -0.2) is 49.5 Å². The highest BCUT2D eigenvalue weighted by molar-refractivity contribution is 6.31. The highest BCUT2D eigenvalue weighted by Gasteiger charge is 2.22. The monoisotopic (exact) mass is 443 g/mol. The van der Waals surface area contributed by atoms with Gasteiger partial charge in [0.15, 0.2) is 6.61 Å². The lowest BCUT2D eigenvalue weighted by molar-refractivity contribution is -0.131. The molecule has 0 bridgehead atoms. The van der Waals surface area contributed by atoms with E-state index < -0.39 is 0 Å². The Bertz CT molecular complexity index is 907. The molecule has 0 unspecified atom stereocenters. The van der Waals surface area contributed by atoms with Gasteiger partial charge in [-0.05, 0) is 41.8 Å². The summed E-state index contributed by atoms with van der Waals surface area (Å²) >= 11 is 6.18. The van der Waals surface area contributed by atoms with Crippen molar-refractivity contribution in [2.24, 2.45) is 0 Å². The number of nitrogens with one attached hydrogen (secondary N) is 1. The average Bonchev–Trinajstić information content (AvgIpc) is 2.77. The first kappa shape index (κ1) is 22.9. The number of ether oxygens (including phenoxy) is 1. The Labute approximate surface area is 189 Å². The fraction of sp³-hybridized carbons (Fsp3) is 0.417. The lowest BCUT2D eigenvalue weighted by Gasteiger charge is -2.37. The number of anilines is 2. The quantitative estimate of drug-likeness (QED) is 0.682. The highest BCUT2D eigenvalue weighted by Crippen LogP contribution is 2.30. The van der Waals surface area contributed by atoms with E-state index in [-0.39, 0.29) is 18.4 Å². The van der Waals surface area contributed by atoms with E-state index in [1.807, 2.05) is 48.2 Å². The molecule has 2 amide bonds. The second kappa shape index (κ2) is 10.5. The maximum Gasteiger partial charge on any atom is 0.262 e. The number of piperazine rings is 1. The Morgan fingerprint density at radius 1 is 1.06 bits per heavy atom. The van der Waals surface area contributed by atoms with Gasteiger partial charge in [0.2, 0.25) is 5.91 Å². The van der Waals surface area contributed by atoms with Crippen molar-refractivity contribution in [2.45, 2.75) is 33.1 Å².